The Bertz CT molecular complexity index is 242. The van der Waals surface area contributed by atoms with E-state index in [1.54, 1.807) is 0 Å². The molecule has 0 bridgehead atoms. The zero-order valence-electron chi connectivity index (χ0n) is 8.81. The van der Waals surface area contributed by atoms with Crippen molar-refractivity contribution in [2.75, 3.05) is 13.2 Å². The molecule has 0 spiro atoms. The van der Waals surface area contributed by atoms with Gasteiger partial charge in [-0.3, -0.25) is 0 Å². The number of aliphatic hydroxyl groups is 4. The molecule has 5 atom stereocenters. The molecular weight excluding hydrogens is 220 g/mol. The summed E-state index contributed by atoms with van der Waals surface area (Å²) in [5.41, 5.74) is 0. The average molecular weight is 236 g/mol. The van der Waals surface area contributed by atoms with Crippen molar-refractivity contribution in [3.05, 3.63) is 0 Å². The summed E-state index contributed by atoms with van der Waals surface area (Å²) in [6.45, 7) is 0.568. The monoisotopic (exact) mass is 236 g/mol. The lowest BCUT2D eigenvalue weighted by Crippen LogP contribution is -2.44. The third kappa shape index (κ3) is 2.89. The summed E-state index contributed by atoms with van der Waals surface area (Å²) in [4.78, 5) is 11.1. The molecule has 0 aromatic rings. The smallest absolute Gasteiger partial charge is 0.335 e. The van der Waals surface area contributed by atoms with Gasteiger partial charge in [-0.2, -0.15) is 0 Å². The fourth-order valence-corrected chi connectivity index (χ4v) is 1.41. The van der Waals surface area contributed by atoms with Gasteiger partial charge in [0.25, 0.3) is 0 Å². The predicted molar refractivity (Wildman–Crippen MR) is 50.4 cm³/mol. The second-order valence-electron chi connectivity index (χ2n) is 3.69. The topological polar surface area (TPSA) is 116 Å². The van der Waals surface area contributed by atoms with E-state index in [9.17, 15) is 15.0 Å². The van der Waals surface area contributed by atoms with Gasteiger partial charge < -0.3 is 29.9 Å². The average Bonchev–Trinajstić information content (AvgIpc) is 2.56. The number of esters is 1. The first-order valence-corrected chi connectivity index (χ1v) is 4.94. The first-order chi connectivity index (χ1) is 7.47. The Kier molecular flexibility index (Phi) is 4.63. The SMILES string of the molecule is CC(O)C(=O)O[C@H](CO)[C@H]1OC[C@H](O)[C@H]1O. The van der Waals surface area contributed by atoms with E-state index in [1.807, 2.05) is 0 Å². The molecule has 0 aliphatic carbocycles. The first kappa shape index (κ1) is 13.3. The van der Waals surface area contributed by atoms with Crippen LogP contribution in [0.4, 0.5) is 0 Å². The molecular formula is C9H16O7. The molecule has 7 nitrogen and oxygen atoms in total. The van der Waals surface area contributed by atoms with Gasteiger partial charge in [-0.1, -0.05) is 0 Å². The summed E-state index contributed by atoms with van der Waals surface area (Å²) < 4.78 is 9.72. The van der Waals surface area contributed by atoms with Crippen molar-refractivity contribution in [3.63, 3.8) is 0 Å². The zero-order valence-corrected chi connectivity index (χ0v) is 8.81. The molecule has 0 amide bonds. The quantitative estimate of drug-likeness (QED) is 0.395. The molecule has 7 heteroatoms. The lowest BCUT2D eigenvalue weighted by molar-refractivity contribution is -0.171. The third-order valence-electron chi connectivity index (χ3n) is 2.35. The Morgan fingerprint density at radius 3 is 2.56 bits per heavy atom. The van der Waals surface area contributed by atoms with Crippen LogP contribution in [0.15, 0.2) is 0 Å². The second kappa shape index (κ2) is 5.55. The molecule has 1 aliphatic rings. The van der Waals surface area contributed by atoms with Crippen molar-refractivity contribution in [1.82, 2.24) is 0 Å². The van der Waals surface area contributed by atoms with E-state index in [-0.39, 0.29) is 6.61 Å². The highest BCUT2D eigenvalue weighted by Gasteiger charge is 2.41. The normalized spacial score (nSPS) is 33.4. The number of hydrogen-bond acceptors (Lipinski definition) is 7. The maximum absolute atomic E-state index is 11.1. The summed E-state index contributed by atoms with van der Waals surface area (Å²) in [6.07, 6.45) is -5.70. The Hall–Kier alpha value is -0.730. The minimum atomic E-state index is -1.32. The minimum absolute atomic E-state index is 0.0887. The van der Waals surface area contributed by atoms with Crippen LogP contribution in [0.2, 0.25) is 0 Å². The molecule has 1 saturated heterocycles. The Morgan fingerprint density at radius 1 is 1.56 bits per heavy atom. The van der Waals surface area contributed by atoms with Gasteiger partial charge in [-0.05, 0) is 6.92 Å². The van der Waals surface area contributed by atoms with Crippen molar-refractivity contribution >= 4 is 5.97 Å². The molecule has 1 rings (SSSR count). The van der Waals surface area contributed by atoms with Crippen molar-refractivity contribution in [2.45, 2.75) is 37.4 Å². The van der Waals surface area contributed by atoms with Crippen LogP contribution in [-0.2, 0) is 14.3 Å². The Morgan fingerprint density at radius 2 is 2.19 bits per heavy atom. The number of aliphatic hydroxyl groups excluding tert-OH is 4. The second-order valence-corrected chi connectivity index (χ2v) is 3.69. The van der Waals surface area contributed by atoms with Gasteiger partial charge in [0, 0.05) is 0 Å². The van der Waals surface area contributed by atoms with Crippen LogP contribution >= 0.6 is 0 Å². The van der Waals surface area contributed by atoms with Crippen LogP contribution in [0.25, 0.3) is 0 Å². The maximum Gasteiger partial charge on any atom is 0.335 e. The predicted octanol–water partition coefficient (Wildman–Crippen LogP) is -2.61. The molecule has 1 heterocycles. The Labute approximate surface area is 92.2 Å². The van der Waals surface area contributed by atoms with E-state index >= 15 is 0 Å². The lowest BCUT2D eigenvalue weighted by atomic mass is 10.1. The molecule has 1 aliphatic heterocycles. The molecule has 0 saturated carbocycles. The third-order valence-corrected chi connectivity index (χ3v) is 2.35. The van der Waals surface area contributed by atoms with E-state index in [0.29, 0.717) is 0 Å². The van der Waals surface area contributed by atoms with Gasteiger partial charge in [0.05, 0.1) is 13.2 Å². The van der Waals surface area contributed by atoms with Crippen LogP contribution in [0, 0.1) is 0 Å². The molecule has 0 aromatic heterocycles. The van der Waals surface area contributed by atoms with Crippen LogP contribution in [0.5, 0.6) is 0 Å². The van der Waals surface area contributed by atoms with Crippen LogP contribution in [0.3, 0.4) is 0 Å². The van der Waals surface area contributed by atoms with E-state index in [2.05, 4.69) is 0 Å². The van der Waals surface area contributed by atoms with E-state index in [0.717, 1.165) is 0 Å². The van der Waals surface area contributed by atoms with E-state index in [4.69, 9.17) is 19.7 Å². The highest BCUT2D eigenvalue weighted by molar-refractivity contribution is 5.74. The number of rotatable bonds is 4. The number of carbonyl (C=O) groups excluding carboxylic acids is 1. The Balaban J connectivity index is 2.58. The zero-order chi connectivity index (χ0) is 12.3. The van der Waals surface area contributed by atoms with Crippen molar-refractivity contribution in [2.24, 2.45) is 0 Å². The largest absolute Gasteiger partial charge is 0.455 e. The highest BCUT2D eigenvalue weighted by atomic mass is 16.6. The highest BCUT2D eigenvalue weighted by Crippen LogP contribution is 2.19. The number of ether oxygens (including phenoxy) is 2. The minimum Gasteiger partial charge on any atom is -0.455 e. The molecule has 4 N–H and O–H groups in total. The molecule has 1 unspecified atom stereocenters. The van der Waals surface area contributed by atoms with Gasteiger partial charge in [0.15, 0.2) is 6.10 Å². The summed E-state index contributed by atoms with van der Waals surface area (Å²) in [5.74, 6) is -0.920. The van der Waals surface area contributed by atoms with Crippen molar-refractivity contribution in [1.29, 1.82) is 0 Å². The first-order valence-electron chi connectivity index (χ1n) is 4.94. The van der Waals surface area contributed by atoms with Crippen LogP contribution < -0.4 is 0 Å². The van der Waals surface area contributed by atoms with Gasteiger partial charge in [-0.15, -0.1) is 0 Å². The number of hydrogen-bond donors (Lipinski definition) is 4. The molecule has 1 fully saturated rings. The molecule has 16 heavy (non-hydrogen) atoms. The van der Waals surface area contributed by atoms with Gasteiger partial charge in [0.1, 0.15) is 24.4 Å². The summed E-state index contributed by atoms with van der Waals surface area (Å²) in [6, 6.07) is 0. The van der Waals surface area contributed by atoms with Crippen molar-refractivity contribution < 1.29 is 34.7 Å². The van der Waals surface area contributed by atoms with Crippen molar-refractivity contribution in [3.8, 4) is 0 Å². The number of carbonyl (C=O) groups is 1. The van der Waals surface area contributed by atoms with Crippen LogP contribution in [-0.4, -0.2) is 70.1 Å². The molecule has 0 radical (unpaired) electrons. The van der Waals surface area contributed by atoms with Gasteiger partial charge in [-0.25, -0.2) is 4.79 Å². The lowest BCUT2D eigenvalue weighted by Gasteiger charge is -2.24. The van der Waals surface area contributed by atoms with Crippen LogP contribution in [0.1, 0.15) is 6.92 Å². The van der Waals surface area contributed by atoms with E-state index in [1.165, 1.54) is 6.92 Å². The summed E-state index contributed by atoms with van der Waals surface area (Å²) >= 11 is 0. The van der Waals surface area contributed by atoms with Gasteiger partial charge >= 0.3 is 5.97 Å². The fourth-order valence-electron chi connectivity index (χ4n) is 1.41. The fraction of sp³-hybridized carbons (Fsp3) is 0.889. The molecule has 0 aromatic carbocycles. The summed E-state index contributed by atoms with van der Waals surface area (Å²) in [7, 11) is 0. The van der Waals surface area contributed by atoms with E-state index < -0.39 is 43.1 Å². The van der Waals surface area contributed by atoms with Gasteiger partial charge in [0.2, 0.25) is 0 Å². The molecule has 94 valence electrons. The maximum atomic E-state index is 11.1. The standard InChI is InChI=1S/C9H16O7/c1-4(11)9(14)16-6(2-10)8-7(13)5(12)3-15-8/h4-8,10-13H,2-3H2,1H3/t4?,5-,6+,7+,8+/m0/s1. The summed E-state index contributed by atoms with van der Waals surface area (Å²) in [5, 5.41) is 36.6.